The summed E-state index contributed by atoms with van der Waals surface area (Å²) < 4.78 is 34.8. The molecule has 0 fully saturated rings. The molecule has 0 N–H and O–H groups in total. The molecular weight excluding hydrogens is 372 g/mol. The normalized spacial score (nSPS) is 13.1. The molecule has 6 heteroatoms. The topological polar surface area (TPSA) is 55.4 Å². The van der Waals surface area contributed by atoms with Gasteiger partial charge in [0.15, 0.2) is 0 Å². The molecule has 0 radical (unpaired) electrons. The first-order valence-corrected chi connectivity index (χ1v) is 11.8. The van der Waals surface area contributed by atoms with Gasteiger partial charge < -0.3 is 28.4 Å². The lowest BCUT2D eigenvalue weighted by Crippen LogP contribution is -2.47. The van der Waals surface area contributed by atoms with Crippen molar-refractivity contribution in [1.82, 2.24) is 0 Å². The summed E-state index contributed by atoms with van der Waals surface area (Å²) in [5.74, 6) is -0.993. The molecule has 176 valence electrons. The van der Waals surface area contributed by atoms with E-state index in [1.165, 1.54) is 32.1 Å². The van der Waals surface area contributed by atoms with Gasteiger partial charge in [0.2, 0.25) is 0 Å². The minimum absolute atomic E-state index is 0.0959. The number of hydrogen-bond donors (Lipinski definition) is 0. The van der Waals surface area contributed by atoms with Crippen LogP contribution in [-0.4, -0.2) is 65.4 Å². The van der Waals surface area contributed by atoms with E-state index in [4.69, 9.17) is 28.4 Å². The van der Waals surface area contributed by atoms with Crippen LogP contribution in [0.3, 0.4) is 0 Å². The van der Waals surface area contributed by atoms with Crippen molar-refractivity contribution in [3.8, 4) is 0 Å². The molecule has 0 rings (SSSR count). The Morgan fingerprint density at radius 2 is 0.966 bits per heavy atom. The minimum atomic E-state index is -1.09. The first-order valence-electron chi connectivity index (χ1n) is 11.8. The Labute approximate surface area is 179 Å². The summed E-state index contributed by atoms with van der Waals surface area (Å²) in [4.78, 5) is 0. The predicted octanol–water partition coefficient (Wildman–Crippen LogP) is 5.19. The molecule has 0 heterocycles. The van der Waals surface area contributed by atoms with Crippen LogP contribution in [0.5, 0.6) is 0 Å². The molecule has 0 aromatic heterocycles. The van der Waals surface area contributed by atoms with Gasteiger partial charge in [-0.25, -0.2) is 0 Å². The Bertz CT molecular complexity index is 295. The zero-order chi connectivity index (χ0) is 21.6. The van der Waals surface area contributed by atoms with Crippen molar-refractivity contribution in [2.45, 2.75) is 85.5 Å². The molecule has 6 nitrogen and oxygen atoms in total. The molecule has 1 unspecified atom stereocenters. The molecule has 0 aromatic carbocycles. The van der Waals surface area contributed by atoms with Gasteiger partial charge in [-0.05, 0) is 27.2 Å². The average Bonchev–Trinajstić information content (AvgIpc) is 2.73. The summed E-state index contributed by atoms with van der Waals surface area (Å²) in [6.45, 7) is 15.2. The van der Waals surface area contributed by atoms with Crippen LogP contribution in [0.1, 0.15) is 79.6 Å². The maximum atomic E-state index is 6.17. The third kappa shape index (κ3) is 15.2. The van der Waals surface area contributed by atoms with E-state index in [2.05, 4.69) is 13.8 Å². The zero-order valence-corrected chi connectivity index (χ0v) is 19.8. The van der Waals surface area contributed by atoms with Gasteiger partial charge in [0.05, 0.1) is 39.6 Å². The summed E-state index contributed by atoms with van der Waals surface area (Å²) >= 11 is 0. The second-order valence-corrected chi connectivity index (χ2v) is 7.20. The molecule has 29 heavy (non-hydrogen) atoms. The van der Waals surface area contributed by atoms with Crippen molar-refractivity contribution in [1.29, 1.82) is 0 Å². The van der Waals surface area contributed by atoms with Gasteiger partial charge in [-0.3, -0.25) is 0 Å². The molecule has 0 saturated heterocycles. The minimum Gasteiger partial charge on any atom is -0.379 e. The van der Waals surface area contributed by atoms with Crippen LogP contribution in [0.25, 0.3) is 0 Å². The van der Waals surface area contributed by atoms with E-state index in [1.807, 2.05) is 20.8 Å². The van der Waals surface area contributed by atoms with Gasteiger partial charge in [0.25, 0.3) is 5.97 Å². The van der Waals surface area contributed by atoms with E-state index in [1.54, 1.807) is 0 Å². The summed E-state index contributed by atoms with van der Waals surface area (Å²) in [5.41, 5.74) is 0. The number of ether oxygens (including phenoxy) is 6. The fourth-order valence-corrected chi connectivity index (χ4v) is 3.12. The molecule has 1 atom stereocenters. The van der Waals surface area contributed by atoms with E-state index < -0.39 is 5.97 Å². The molecule has 0 bridgehead atoms. The first-order chi connectivity index (χ1) is 14.2. The molecule has 0 saturated carbocycles. The van der Waals surface area contributed by atoms with Crippen LogP contribution >= 0.6 is 0 Å². The zero-order valence-electron chi connectivity index (χ0n) is 19.8. The molecule has 0 spiro atoms. The maximum Gasteiger partial charge on any atom is 0.285 e. The highest BCUT2D eigenvalue weighted by Gasteiger charge is 2.40. The van der Waals surface area contributed by atoms with Crippen molar-refractivity contribution in [2.75, 3.05) is 59.5 Å². The highest BCUT2D eigenvalue weighted by atomic mass is 16.9. The van der Waals surface area contributed by atoms with Gasteiger partial charge in [-0.1, -0.05) is 52.4 Å². The van der Waals surface area contributed by atoms with Gasteiger partial charge in [-0.2, -0.15) is 0 Å². The molecular formula is C23H48O6. The fourth-order valence-electron chi connectivity index (χ4n) is 3.12. The summed E-state index contributed by atoms with van der Waals surface area (Å²) in [6.07, 6.45) is 8.56. The molecule has 0 aliphatic carbocycles. The Hall–Kier alpha value is -0.240. The van der Waals surface area contributed by atoms with Gasteiger partial charge in [0.1, 0.15) is 0 Å². The predicted molar refractivity (Wildman–Crippen MR) is 117 cm³/mol. The fraction of sp³-hybridized carbons (Fsp3) is 1.00. The monoisotopic (exact) mass is 420 g/mol. The van der Waals surface area contributed by atoms with E-state index in [9.17, 15) is 0 Å². The lowest BCUT2D eigenvalue weighted by molar-refractivity contribution is -0.407. The van der Waals surface area contributed by atoms with E-state index >= 15 is 0 Å². The Kier molecular flexibility index (Phi) is 20.8. The van der Waals surface area contributed by atoms with Crippen LogP contribution < -0.4 is 0 Å². The number of rotatable bonds is 23. The van der Waals surface area contributed by atoms with Gasteiger partial charge in [0, 0.05) is 25.7 Å². The highest BCUT2D eigenvalue weighted by Crippen LogP contribution is 2.30. The summed E-state index contributed by atoms with van der Waals surface area (Å²) in [5, 5.41) is 0. The lowest BCUT2D eigenvalue weighted by Gasteiger charge is -2.38. The van der Waals surface area contributed by atoms with Gasteiger partial charge in [-0.15, -0.1) is 0 Å². The van der Waals surface area contributed by atoms with E-state index in [0.29, 0.717) is 59.5 Å². The Morgan fingerprint density at radius 1 is 0.552 bits per heavy atom. The SMILES string of the molecule is CCCCCCCCC(C)C(OCCOCC)(OCCOCC)OCCOCC. The van der Waals surface area contributed by atoms with Crippen LogP contribution in [0.4, 0.5) is 0 Å². The quantitative estimate of drug-likeness (QED) is 0.168. The van der Waals surface area contributed by atoms with Gasteiger partial charge >= 0.3 is 0 Å². The smallest absolute Gasteiger partial charge is 0.285 e. The van der Waals surface area contributed by atoms with Crippen LogP contribution in [-0.2, 0) is 28.4 Å². The largest absolute Gasteiger partial charge is 0.379 e. The Balaban J connectivity index is 4.84. The van der Waals surface area contributed by atoms with Crippen LogP contribution in [0, 0.1) is 5.92 Å². The third-order valence-electron chi connectivity index (χ3n) is 4.80. The summed E-state index contributed by atoms with van der Waals surface area (Å²) in [6, 6.07) is 0. The number of unbranched alkanes of at least 4 members (excludes halogenated alkanes) is 5. The average molecular weight is 421 g/mol. The molecule has 0 aliphatic heterocycles. The number of hydrogen-bond acceptors (Lipinski definition) is 6. The van der Waals surface area contributed by atoms with Crippen molar-refractivity contribution >= 4 is 0 Å². The summed E-state index contributed by atoms with van der Waals surface area (Å²) in [7, 11) is 0. The third-order valence-corrected chi connectivity index (χ3v) is 4.80. The highest BCUT2D eigenvalue weighted by molar-refractivity contribution is 4.69. The van der Waals surface area contributed by atoms with E-state index in [0.717, 1.165) is 12.8 Å². The van der Waals surface area contributed by atoms with Crippen LogP contribution in [0.2, 0.25) is 0 Å². The first kappa shape index (κ1) is 28.8. The van der Waals surface area contributed by atoms with Crippen molar-refractivity contribution < 1.29 is 28.4 Å². The van der Waals surface area contributed by atoms with Crippen molar-refractivity contribution in [3.05, 3.63) is 0 Å². The van der Waals surface area contributed by atoms with Crippen molar-refractivity contribution in [2.24, 2.45) is 5.92 Å². The Morgan fingerprint density at radius 3 is 1.38 bits per heavy atom. The standard InChI is InChI=1S/C23H48O6/c1-6-10-11-12-13-14-15-22(5)23(27-19-16-24-7-2,28-20-17-25-8-3)29-21-18-26-9-4/h22H,6-21H2,1-5H3. The van der Waals surface area contributed by atoms with E-state index in [-0.39, 0.29) is 5.92 Å². The lowest BCUT2D eigenvalue weighted by atomic mass is 9.99. The second kappa shape index (κ2) is 21.0. The maximum absolute atomic E-state index is 6.17. The molecule has 0 amide bonds. The van der Waals surface area contributed by atoms with Crippen LogP contribution in [0.15, 0.2) is 0 Å². The second-order valence-electron chi connectivity index (χ2n) is 7.20. The molecule has 0 aromatic rings. The molecule has 0 aliphatic rings. The van der Waals surface area contributed by atoms with Crippen molar-refractivity contribution in [3.63, 3.8) is 0 Å².